The van der Waals surface area contributed by atoms with Gasteiger partial charge < -0.3 is 5.11 Å². The minimum Gasteiger partial charge on any atom is -0.480 e. The number of aliphatic carboxylic acids is 1. The lowest BCUT2D eigenvalue weighted by Crippen LogP contribution is -2.59. The Labute approximate surface area is 96.2 Å². The van der Waals surface area contributed by atoms with Gasteiger partial charge in [-0.3, -0.25) is 14.6 Å². The molecule has 0 aliphatic carbocycles. The molecule has 90 valence electrons. The fraction of sp³-hybridized carbons (Fsp3) is 0.917. The molecule has 2 atom stereocenters. The van der Waals surface area contributed by atoms with Crippen molar-refractivity contribution in [1.29, 1.82) is 0 Å². The zero-order valence-electron chi connectivity index (χ0n) is 9.69. The Bertz CT molecular complexity index is 301. The zero-order chi connectivity index (χ0) is 11.2. The van der Waals surface area contributed by atoms with Gasteiger partial charge >= 0.3 is 5.97 Å². The van der Waals surface area contributed by atoms with Crippen molar-refractivity contribution < 1.29 is 9.90 Å². The molecule has 0 aromatic carbocycles. The summed E-state index contributed by atoms with van der Waals surface area (Å²) in [7, 11) is 0. The summed E-state index contributed by atoms with van der Waals surface area (Å²) in [5.74, 6) is -0.580. The summed E-state index contributed by atoms with van der Waals surface area (Å²) < 4.78 is 0. The monoisotopic (exact) mass is 224 g/mol. The first kappa shape index (κ1) is 10.5. The molecule has 0 amide bonds. The maximum Gasteiger partial charge on any atom is 0.325 e. The van der Waals surface area contributed by atoms with Gasteiger partial charge in [-0.1, -0.05) is 0 Å². The fourth-order valence-corrected chi connectivity index (χ4v) is 3.98. The van der Waals surface area contributed by atoms with Crippen molar-refractivity contribution >= 4 is 5.97 Å². The Morgan fingerprint density at radius 1 is 1.12 bits per heavy atom. The molecule has 0 aromatic heterocycles. The highest BCUT2D eigenvalue weighted by Crippen LogP contribution is 2.41. The Balaban J connectivity index is 1.93. The van der Waals surface area contributed by atoms with Crippen LogP contribution in [0.5, 0.6) is 0 Å². The summed E-state index contributed by atoms with van der Waals surface area (Å²) in [6.07, 6.45) is 5.41. The molecule has 16 heavy (non-hydrogen) atoms. The maximum atomic E-state index is 11.8. The zero-order valence-corrected chi connectivity index (χ0v) is 9.69. The number of carbonyl (C=O) groups is 1. The minimum atomic E-state index is -0.580. The molecular weight excluding hydrogens is 204 g/mol. The van der Waals surface area contributed by atoms with E-state index in [0.717, 1.165) is 39.0 Å². The number of hydrogen-bond donors (Lipinski definition) is 1. The lowest BCUT2D eigenvalue weighted by Gasteiger charge is -2.39. The molecular formula is C12H20N2O2. The molecule has 4 heteroatoms. The van der Waals surface area contributed by atoms with Gasteiger partial charge in [-0.05, 0) is 51.7 Å². The van der Waals surface area contributed by atoms with E-state index in [1.165, 1.54) is 19.3 Å². The van der Waals surface area contributed by atoms with Crippen LogP contribution in [-0.4, -0.2) is 58.6 Å². The van der Waals surface area contributed by atoms with Gasteiger partial charge in [0.15, 0.2) is 0 Å². The molecule has 1 N–H and O–H groups in total. The fourth-order valence-electron chi connectivity index (χ4n) is 3.98. The predicted octanol–water partition coefficient (Wildman–Crippen LogP) is 0.774. The average Bonchev–Trinajstić information content (AvgIpc) is 2.94. The second-order valence-corrected chi connectivity index (χ2v) is 5.37. The largest absolute Gasteiger partial charge is 0.480 e. The lowest BCUT2D eigenvalue weighted by molar-refractivity contribution is -0.152. The molecule has 3 saturated heterocycles. The van der Waals surface area contributed by atoms with E-state index in [2.05, 4.69) is 9.80 Å². The molecule has 3 rings (SSSR count). The smallest absolute Gasteiger partial charge is 0.325 e. The van der Waals surface area contributed by atoms with Crippen LogP contribution >= 0.6 is 0 Å². The van der Waals surface area contributed by atoms with Crippen LogP contribution < -0.4 is 0 Å². The van der Waals surface area contributed by atoms with Crippen molar-refractivity contribution in [3.8, 4) is 0 Å². The molecule has 3 aliphatic rings. The molecule has 0 saturated carbocycles. The molecule has 0 spiro atoms. The molecule has 3 aliphatic heterocycles. The van der Waals surface area contributed by atoms with Gasteiger partial charge in [0, 0.05) is 12.6 Å². The molecule has 4 nitrogen and oxygen atoms in total. The van der Waals surface area contributed by atoms with E-state index in [9.17, 15) is 9.90 Å². The second-order valence-electron chi connectivity index (χ2n) is 5.37. The predicted molar refractivity (Wildman–Crippen MR) is 60.4 cm³/mol. The summed E-state index contributed by atoms with van der Waals surface area (Å²) in [4.78, 5) is 16.4. The molecule has 2 unspecified atom stereocenters. The van der Waals surface area contributed by atoms with Gasteiger partial charge in [0.05, 0.1) is 0 Å². The molecule has 0 bridgehead atoms. The van der Waals surface area contributed by atoms with Gasteiger partial charge in [0.25, 0.3) is 0 Å². The van der Waals surface area contributed by atoms with Crippen molar-refractivity contribution in [2.24, 2.45) is 0 Å². The highest BCUT2D eigenvalue weighted by Gasteiger charge is 2.57. The number of carboxylic acids is 1. The van der Waals surface area contributed by atoms with E-state index >= 15 is 0 Å². The number of carboxylic acid groups (broad SMARTS) is 1. The van der Waals surface area contributed by atoms with Crippen molar-refractivity contribution in [1.82, 2.24) is 9.80 Å². The van der Waals surface area contributed by atoms with Crippen LogP contribution in [0.25, 0.3) is 0 Å². The number of likely N-dealkylation sites (tertiary alicyclic amines) is 1. The van der Waals surface area contributed by atoms with Gasteiger partial charge in [-0.2, -0.15) is 0 Å². The van der Waals surface area contributed by atoms with E-state index in [-0.39, 0.29) is 6.04 Å². The number of nitrogens with zero attached hydrogens (tertiary/aromatic N) is 2. The summed E-state index contributed by atoms with van der Waals surface area (Å²) in [5, 5.41) is 9.70. The Morgan fingerprint density at radius 3 is 2.56 bits per heavy atom. The second kappa shape index (κ2) is 3.70. The first-order chi connectivity index (χ1) is 7.75. The molecule has 0 radical (unpaired) electrons. The van der Waals surface area contributed by atoms with Gasteiger partial charge in [-0.25, -0.2) is 0 Å². The van der Waals surface area contributed by atoms with Crippen LogP contribution in [0.15, 0.2) is 0 Å². The normalized spacial score (nSPS) is 40.4. The van der Waals surface area contributed by atoms with Gasteiger partial charge in [0.2, 0.25) is 0 Å². The van der Waals surface area contributed by atoms with Crippen LogP contribution in [0, 0.1) is 0 Å². The summed E-state index contributed by atoms with van der Waals surface area (Å²) >= 11 is 0. The number of fused-ring (bicyclic) bond motifs is 1. The molecule has 3 fully saturated rings. The topological polar surface area (TPSA) is 43.8 Å². The molecule has 0 aromatic rings. The first-order valence-electron chi connectivity index (χ1n) is 6.47. The van der Waals surface area contributed by atoms with Crippen molar-refractivity contribution in [3.63, 3.8) is 0 Å². The van der Waals surface area contributed by atoms with E-state index in [1.807, 2.05) is 0 Å². The van der Waals surface area contributed by atoms with E-state index in [0.29, 0.717) is 0 Å². The lowest BCUT2D eigenvalue weighted by atomic mass is 9.87. The first-order valence-corrected chi connectivity index (χ1v) is 6.47. The van der Waals surface area contributed by atoms with E-state index in [4.69, 9.17) is 0 Å². The third-order valence-electron chi connectivity index (χ3n) is 4.74. The van der Waals surface area contributed by atoms with Crippen molar-refractivity contribution in [2.45, 2.75) is 43.7 Å². The van der Waals surface area contributed by atoms with Crippen molar-refractivity contribution in [3.05, 3.63) is 0 Å². The van der Waals surface area contributed by atoms with Gasteiger partial charge in [-0.15, -0.1) is 0 Å². The summed E-state index contributed by atoms with van der Waals surface area (Å²) in [6.45, 7) is 4.05. The van der Waals surface area contributed by atoms with Crippen molar-refractivity contribution in [2.75, 3.05) is 26.2 Å². The van der Waals surface area contributed by atoms with Crippen LogP contribution in [0.3, 0.4) is 0 Å². The average molecular weight is 224 g/mol. The Morgan fingerprint density at radius 2 is 1.88 bits per heavy atom. The minimum absolute atomic E-state index is 0.281. The highest BCUT2D eigenvalue weighted by molar-refractivity contribution is 5.80. The van der Waals surface area contributed by atoms with Crippen LogP contribution in [0.4, 0.5) is 0 Å². The molecule has 3 heterocycles. The van der Waals surface area contributed by atoms with Gasteiger partial charge in [0.1, 0.15) is 5.54 Å². The summed E-state index contributed by atoms with van der Waals surface area (Å²) in [5.41, 5.74) is -0.549. The van der Waals surface area contributed by atoms with E-state index < -0.39 is 11.5 Å². The number of hydrogen-bond acceptors (Lipinski definition) is 3. The third kappa shape index (κ3) is 1.26. The number of rotatable bonds is 2. The van der Waals surface area contributed by atoms with E-state index in [1.54, 1.807) is 0 Å². The van der Waals surface area contributed by atoms with Crippen LogP contribution in [0.1, 0.15) is 32.1 Å². The maximum absolute atomic E-state index is 11.8. The van der Waals surface area contributed by atoms with Crippen LogP contribution in [-0.2, 0) is 4.79 Å². The van der Waals surface area contributed by atoms with Crippen LogP contribution in [0.2, 0.25) is 0 Å². The standard InChI is InChI=1S/C12H20N2O2/c15-11(16)12(14-7-1-2-8-14)5-9-13-6-3-4-10(12)13/h10H,1-9H2,(H,15,16). The SMILES string of the molecule is O=C(O)C1(N2CCCC2)CCN2CCCC21. The quantitative estimate of drug-likeness (QED) is 0.752. The summed E-state index contributed by atoms with van der Waals surface area (Å²) in [6, 6.07) is 0.281. The third-order valence-corrected chi connectivity index (χ3v) is 4.74. The Kier molecular flexibility index (Phi) is 2.44. The Hall–Kier alpha value is -0.610. The highest BCUT2D eigenvalue weighted by atomic mass is 16.4.